The molecular weight excluding hydrogens is 304 g/mol. The van der Waals surface area contributed by atoms with Gasteiger partial charge in [0.05, 0.1) is 0 Å². The van der Waals surface area contributed by atoms with Crippen LogP contribution in [0.2, 0.25) is 0 Å². The first kappa shape index (κ1) is 24.4. The average Bonchev–Trinajstić information content (AvgIpc) is 2.63. The molecule has 0 radical (unpaired) electrons. The van der Waals surface area contributed by atoms with Crippen molar-refractivity contribution in [2.75, 3.05) is 0 Å². The van der Waals surface area contributed by atoms with Crippen molar-refractivity contribution in [3.8, 4) is 0 Å². The number of carbonyl (C=O) groups excluding carboxylic acids is 1. The Balaban J connectivity index is 3.00. The number of hydrogen-bond acceptors (Lipinski definition) is 1. The number of allylic oxidation sites excluding steroid dienone is 1. The summed E-state index contributed by atoms with van der Waals surface area (Å²) in [6, 6.07) is 0. The Hall–Kier alpha value is -0.590. The van der Waals surface area contributed by atoms with E-state index in [-0.39, 0.29) is 0 Å². The Morgan fingerprint density at radius 3 is 1.24 bits per heavy atom. The lowest BCUT2D eigenvalue weighted by Crippen LogP contribution is -1.94. The molecule has 0 amide bonds. The average molecular weight is 351 g/mol. The number of ketones is 1. The van der Waals surface area contributed by atoms with Gasteiger partial charge < -0.3 is 0 Å². The van der Waals surface area contributed by atoms with Crippen molar-refractivity contribution in [1.82, 2.24) is 0 Å². The zero-order chi connectivity index (χ0) is 18.4. The van der Waals surface area contributed by atoms with Gasteiger partial charge in [0.25, 0.3) is 0 Å². The predicted molar refractivity (Wildman–Crippen MR) is 113 cm³/mol. The number of Topliss-reactive ketones (excluding diaryl/α,β-unsaturated/α-hetero) is 1. The van der Waals surface area contributed by atoms with Crippen LogP contribution in [0.5, 0.6) is 0 Å². The molecule has 0 heterocycles. The van der Waals surface area contributed by atoms with Gasteiger partial charge in [0, 0.05) is 12.8 Å². The van der Waals surface area contributed by atoms with E-state index in [2.05, 4.69) is 6.58 Å². The van der Waals surface area contributed by atoms with Crippen molar-refractivity contribution in [1.29, 1.82) is 0 Å². The Bertz CT molecular complexity index is 282. The summed E-state index contributed by atoms with van der Waals surface area (Å²) in [5.41, 5.74) is 0. The minimum atomic E-state index is 0.434. The number of carbonyl (C=O) groups is 1. The van der Waals surface area contributed by atoms with Crippen LogP contribution < -0.4 is 0 Å². The monoisotopic (exact) mass is 350 g/mol. The van der Waals surface area contributed by atoms with Crippen molar-refractivity contribution in [2.24, 2.45) is 0 Å². The molecule has 1 nitrogen and oxygen atoms in total. The summed E-state index contributed by atoms with van der Waals surface area (Å²) in [7, 11) is 0. The normalized spacial score (nSPS) is 10.9. The maximum absolute atomic E-state index is 11.2. The molecule has 0 atom stereocenters. The Labute approximate surface area is 159 Å². The molecule has 0 aliphatic heterocycles. The molecular formula is C24H46O. The molecule has 0 aromatic rings. The molecule has 0 aliphatic carbocycles. The summed E-state index contributed by atoms with van der Waals surface area (Å²) in [6.45, 7) is 5.74. The van der Waals surface area contributed by atoms with Crippen LogP contribution >= 0.6 is 0 Å². The fourth-order valence-corrected chi connectivity index (χ4v) is 3.44. The highest BCUT2D eigenvalue weighted by Crippen LogP contribution is 2.14. The van der Waals surface area contributed by atoms with Gasteiger partial charge in [0.2, 0.25) is 0 Å². The number of unbranched alkanes of at least 4 members (excludes halogenated alkanes) is 17. The van der Waals surface area contributed by atoms with Crippen molar-refractivity contribution in [2.45, 2.75) is 135 Å². The first-order valence-corrected chi connectivity index (χ1v) is 11.4. The molecule has 0 fully saturated rings. The van der Waals surface area contributed by atoms with Gasteiger partial charge in [-0.25, -0.2) is 0 Å². The highest BCUT2D eigenvalue weighted by Gasteiger charge is 1.98. The third kappa shape index (κ3) is 21.4. The van der Waals surface area contributed by atoms with E-state index >= 15 is 0 Å². The van der Waals surface area contributed by atoms with E-state index in [1.54, 1.807) is 0 Å². The van der Waals surface area contributed by atoms with Gasteiger partial charge in [-0.15, -0.1) is 6.58 Å². The van der Waals surface area contributed by atoms with E-state index in [0.717, 1.165) is 19.3 Å². The number of rotatable bonds is 21. The van der Waals surface area contributed by atoms with E-state index < -0.39 is 0 Å². The third-order valence-corrected chi connectivity index (χ3v) is 5.26. The maximum Gasteiger partial charge on any atom is 0.132 e. The van der Waals surface area contributed by atoms with Gasteiger partial charge >= 0.3 is 0 Å². The van der Waals surface area contributed by atoms with Gasteiger partial charge in [0.15, 0.2) is 0 Å². The molecule has 0 saturated heterocycles. The highest BCUT2D eigenvalue weighted by atomic mass is 16.1. The maximum atomic E-state index is 11.2. The molecule has 0 N–H and O–H groups in total. The van der Waals surface area contributed by atoms with Crippen molar-refractivity contribution in [3.63, 3.8) is 0 Å². The fraction of sp³-hybridized carbons (Fsp3) is 0.875. The minimum Gasteiger partial charge on any atom is -0.300 e. The SMILES string of the molecule is C=CCCCCCCCCCCCCCCCCCCCC(=O)CC. The lowest BCUT2D eigenvalue weighted by atomic mass is 10.0. The van der Waals surface area contributed by atoms with Gasteiger partial charge in [-0.3, -0.25) is 4.79 Å². The summed E-state index contributed by atoms with van der Waals surface area (Å²) >= 11 is 0. The first-order valence-electron chi connectivity index (χ1n) is 11.4. The van der Waals surface area contributed by atoms with Crippen LogP contribution in [0.15, 0.2) is 12.7 Å². The molecule has 148 valence electrons. The second-order valence-corrected chi connectivity index (χ2v) is 7.73. The highest BCUT2D eigenvalue weighted by molar-refractivity contribution is 5.77. The molecule has 0 aromatic carbocycles. The summed E-state index contributed by atoms with van der Waals surface area (Å²) < 4.78 is 0. The van der Waals surface area contributed by atoms with Crippen LogP contribution in [0.1, 0.15) is 135 Å². The molecule has 0 saturated carbocycles. The zero-order valence-corrected chi connectivity index (χ0v) is 17.3. The standard InChI is InChI=1S/C24H46O/c1-3-5-6-7-8-9-10-11-12-13-14-15-16-17-18-19-20-21-22-23-24(25)4-2/h3H,1,4-23H2,2H3. The van der Waals surface area contributed by atoms with E-state index in [1.165, 1.54) is 109 Å². The van der Waals surface area contributed by atoms with Crippen molar-refractivity contribution < 1.29 is 4.79 Å². The molecule has 0 aliphatic rings. The molecule has 0 rings (SSSR count). The van der Waals surface area contributed by atoms with Crippen LogP contribution in [0.3, 0.4) is 0 Å². The van der Waals surface area contributed by atoms with E-state index in [0.29, 0.717) is 5.78 Å². The zero-order valence-electron chi connectivity index (χ0n) is 17.3. The van der Waals surface area contributed by atoms with Crippen molar-refractivity contribution >= 4 is 5.78 Å². The molecule has 0 spiro atoms. The molecule has 0 aromatic heterocycles. The molecule has 25 heavy (non-hydrogen) atoms. The summed E-state index contributed by atoms with van der Waals surface area (Å²) in [5, 5.41) is 0. The predicted octanol–water partition coefficient (Wildman–Crippen LogP) is 8.56. The smallest absolute Gasteiger partial charge is 0.132 e. The van der Waals surface area contributed by atoms with Crippen molar-refractivity contribution in [3.05, 3.63) is 12.7 Å². The molecule has 0 bridgehead atoms. The topological polar surface area (TPSA) is 17.1 Å². The Kier molecular flexibility index (Phi) is 20.9. The Morgan fingerprint density at radius 1 is 0.600 bits per heavy atom. The summed E-state index contributed by atoms with van der Waals surface area (Å²) in [4.78, 5) is 11.2. The van der Waals surface area contributed by atoms with Gasteiger partial charge in [-0.05, 0) is 19.3 Å². The van der Waals surface area contributed by atoms with E-state index in [1.807, 2.05) is 13.0 Å². The lowest BCUT2D eigenvalue weighted by molar-refractivity contribution is -0.118. The van der Waals surface area contributed by atoms with Gasteiger partial charge in [-0.1, -0.05) is 109 Å². The van der Waals surface area contributed by atoms with Crippen LogP contribution in [-0.4, -0.2) is 5.78 Å². The third-order valence-electron chi connectivity index (χ3n) is 5.26. The van der Waals surface area contributed by atoms with E-state index in [4.69, 9.17) is 0 Å². The fourth-order valence-electron chi connectivity index (χ4n) is 3.44. The largest absolute Gasteiger partial charge is 0.300 e. The van der Waals surface area contributed by atoms with Crippen LogP contribution in [0.25, 0.3) is 0 Å². The first-order chi connectivity index (χ1) is 12.3. The van der Waals surface area contributed by atoms with Crippen LogP contribution in [0, 0.1) is 0 Å². The molecule has 0 unspecified atom stereocenters. The Morgan fingerprint density at radius 2 is 0.920 bits per heavy atom. The second-order valence-electron chi connectivity index (χ2n) is 7.73. The van der Waals surface area contributed by atoms with Gasteiger partial charge in [-0.2, -0.15) is 0 Å². The summed E-state index contributed by atoms with van der Waals surface area (Å²) in [5.74, 6) is 0.434. The second kappa shape index (κ2) is 21.5. The lowest BCUT2D eigenvalue weighted by Gasteiger charge is -2.04. The molecule has 1 heteroatoms. The quantitative estimate of drug-likeness (QED) is 0.150. The number of hydrogen-bond donors (Lipinski definition) is 0. The summed E-state index contributed by atoms with van der Waals surface area (Å²) in [6.07, 6.45) is 28.3. The van der Waals surface area contributed by atoms with E-state index in [9.17, 15) is 4.79 Å². The minimum absolute atomic E-state index is 0.434. The van der Waals surface area contributed by atoms with Gasteiger partial charge in [0.1, 0.15) is 5.78 Å². The van der Waals surface area contributed by atoms with Crippen LogP contribution in [-0.2, 0) is 4.79 Å². The van der Waals surface area contributed by atoms with Crippen LogP contribution in [0.4, 0.5) is 0 Å².